The lowest BCUT2D eigenvalue weighted by atomic mass is 10.0. The summed E-state index contributed by atoms with van der Waals surface area (Å²) < 4.78 is 12.1. The zero-order valence-corrected chi connectivity index (χ0v) is 12.0. The fourth-order valence-corrected chi connectivity index (χ4v) is 3.97. The van der Waals surface area contributed by atoms with Crippen molar-refractivity contribution in [2.24, 2.45) is 0 Å². The number of nitrogens with one attached hydrogen (secondary N) is 1. The van der Waals surface area contributed by atoms with E-state index in [1.54, 1.807) is 0 Å². The summed E-state index contributed by atoms with van der Waals surface area (Å²) in [6, 6.07) is 15.1. The Kier molecular flexibility index (Phi) is 3.67. The second-order valence-electron chi connectivity index (χ2n) is 5.26. The number of hydrogen-bond acceptors (Lipinski definition) is 2. The van der Waals surface area contributed by atoms with E-state index in [1.807, 2.05) is 0 Å². The Morgan fingerprint density at radius 2 is 1.95 bits per heavy atom. The Morgan fingerprint density at radius 3 is 2.79 bits per heavy atom. The molecule has 3 unspecified atom stereocenters. The van der Waals surface area contributed by atoms with Gasteiger partial charge >= 0.3 is 0 Å². The standard InChI is InChI=1S/C16H19NOS/c1-12-8-9-17-16(11-19(12)18)15-7-6-13-4-2-3-5-14(13)10-15/h2-7,10,12,16-17H,8-9,11H2,1H3. The van der Waals surface area contributed by atoms with Crippen LogP contribution in [-0.4, -0.2) is 21.8 Å². The van der Waals surface area contributed by atoms with Crippen LogP contribution < -0.4 is 5.32 Å². The Morgan fingerprint density at radius 1 is 1.16 bits per heavy atom. The molecule has 3 heteroatoms. The molecule has 1 aliphatic heterocycles. The summed E-state index contributed by atoms with van der Waals surface area (Å²) in [5.41, 5.74) is 1.25. The van der Waals surface area contributed by atoms with Crippen molar-refractivity contribution in [3.63, 3.8) is 0 Å². The monoisotopic (exact) mass is 273 g/mol. The molecule has 2 nitrogen and oxygen atoms in total. The zero-order chi connectivity index (χ0) is 13.2. The average Bonchev–Trinajstić information content (AvgIpc) is 2.61. The fourth-order valence-electron chi connectivity index (χ4n) is 2.62. The topological polar surface area (TPSA) is 29.1 Å². The molecule has 0 amide bonds. The molecule has 19 heavy (non-hydrogen) atoms. The first-order chi connectivity index (χ1) is 9.24. The van der Waals surface area contributed by atoms with Gasteiger partial charge in [-0.15, -0.1) is 0 Å². The number of rotatable bonds is 1. The fraction of sp³-hybridized carbons (Fsp3) is 0.375. The summed E-state index contributed by atoms with van der Waals surface area (Å²) in [5, 5.41) is 6.35. The normalized spacial score (nSPS) is 28.2. The van der Waals surface area contributed by atoms with Gasteiger partial charge in [0.25, 0.3) is 0 Å². The van der Waals surface area contributed by atoms with E-state index in [0.717, 1.165) is 18.7 Å². The van der Waals surface area contributed by atoms with E-state index in [9.17, 15) is 4.21 Å². The maximum Gasteiger partial charge on any atom is 0.0437 e. The van der Waals surface area contributed by atoms with E-state index in [-0.39, 0.29) is 6.04 Å². The van der Waals surface area contributed by atoms with Crippen LogP contribution in [0.2, 0.25) is 0 Å². The van der Waals surface area contributed by atoms with Gasteiger partial charge in [0.05, 0.1) is 0 Å². The highest BCUT2D eigenvalue weighted by atomic mass is 32.2. The molecule has 1 aliphatic rings. The number of fused-ring (bicyclic) bond motifs is 1. The molecule has 2 aromatic rings. The van der Waals surface area contributed by atoms with Crippen LogP contribution in [0.4, 0.5) is 0 Å². The second-order valence-corrected chi connectivity index (χ2v) is 7.16. The second kappa shape index (κ2) is 5.43. The Hall–Kier alpha value is -1.19. The first kappa shape index (κ1) is 12.8. The maximum absolute atomic E-state index is 12.1. The van der Waals surface area contributed by atoms with Gasteiger partial charge in [-0.2, -0.15) is 0 Å². The van der Waals surface area contributed by atoms with Gasteiger partial charge in [-0.3, -0.25) is 4.21 Å². The van der Waals surface area contributed by atoms with Crippen LogP contribution in [0, 0.1) is 0 Å². The van der Waals surface area contributed by atoms with Gasteiger partial charge in [0, 0.05) is 27.8 Å². The Labute approximate surface area is 116 Å². The molecule has 0 bridgehead atoms. The van der Waals surface area contributed by atoms with E-state index in [1.165, 1.54) is 16.3 Å². The van der Waals surface area contributed by atoms with Gasteiger partial charge in [0.15, 0.2) is 0 Å². The van der Waals surface area contributed by atoms with E-state index in [0.29, 0.717) is 5.25 Å². The van der Waals surface area contributed by atoms with Crippen molar-refractivity contribution in [1.29, 1.82) is 0 Å². The Bertz CT molecular complexity index is 610. The van der Waals surface area contributed by atoms with Crippen molar-refractivity contribution in [2.75, 3.05) is 12.3 Å². The van der Waals surface area contributed by atoms with Gasteiger partial charge in [-0.1, -0.05) is 43.3 Å². The van der Waals surface area contributed by atoms with Crippen molar-refractivity contribution in [3.8, 4) is 0 Å². The minimum atomic E-state index is -0.729. The van der Waals surface area contributed by atoms with Gasteiger partial charge in [-0.25, -0.2) is 0 Å². The minimum Gasteiger partial charge on any atom is -0.309 e. The molecule has 0 saturated carbocycles. The smallest absolute Gasteiger partial charge is 0.0437 e. The lowest BCUT2D eigenvalue weighted by Crippen LogP contribution is -2.23. The summed E-state index contributed by atoms with van der Waals surface area (Å²) in [4.78, 5) is 0. The molecule has 3 rings (SSSR count). The highest BCUT2D eigenvalue weighted by Gasteiger charge is 2.22. The highest BCUT2D eigenvalue weighted by molar-refractivity contribution is 7.85. The number of hydrogen-bond donors (Lipinski definition) is 1. The van der Waals surface area contributed by atoms with Crippen molar-refractivity contribution in [2.45, 2.75) is 24.6 Å². The summed E-state index contributed by atoms with van der Waals surface area (Å²) in [5.74, 6) is 0.722. The molecular formula is C16H19NOS. The molecule has 1 N–H and O–H groups in total. The first-order valence-electron chi connectivity index (χ1n) is 6.83. The lowest BCUT2D eigenvalue weighted by molar-refractivity contribution is 0.579. The van der Waals surface area contributed by atoms with Gasteiger partial charge in [0.2, 0.25) is 0 Å². The predicted octanol–water partition coefficient (Wildman–Crippen LogP) is 3.01. The number of benzene rings is 2. The van der Waals surface area contributed by atoms with Crippen LogP contribution in [0.25, 0.3) is 10.8 Å². The molecule has 0 radical (unpaired) electrons. The molecule has 100 valence electrons. The van der Waals surface area contributed by atoms with Crippen LogP contribution in [-0.2, 0) is 10.8 Å². The molecule has 0 spiro atoms. The van der Waals surface area contributed by atoms with E-state index in [4.69, 9.17) is 0 Å². The lowest BCUT2D eigenvalue weighted by Gasteiger charge is -2.16. The molecule has 1 saturated heterocycles. The molecule has 3 atom stereocenters. The molecular weight excluding hydrogens is 254 g/mol. The van der Waals surface area contributed by atoms with Crippen LogP contribution >= 0.6 is 0 Å². The third-order valence-corrected chi connectivity index (χ3v) is 5.69. The summed E-state index contributed by atoms with van der Waals surface area (Å²) in [6.07, 6.45) is 0.997. The van der Waals surface area contributed by atoms with Crippen molar-refractivity contribution < 1.29 is 4.21 Å². The van der Waals surface area contributed by atoms with Gasteiger partial charge in [-0.05, 0) is 35.4 Å². The van der Waals surface area contributed by atoms with E-state index in [2.05, 4.69) is 54.7 Å². The predicted molar refractivity (Wildman–Crippen MR) is 81.8 cm³/mol. The summed E-state index contributed by atoms with van der Waals surface area (Å²) in [6.45, 7) is 3.03. The quantitative estimate of drug-likeness (QED) is 0.865. The third-order valence-electron chi connectivity index (χ3n) is 3.90. The summed E-state index contributed by atoms with van der Waals surface area (Å²) >= 11 is 0. The van der Waals surface area contributed by atoms with Crippen molar-refractivity contribution >= 4 is 21.6 Å². The Balaban J connectivity index is 1.92. The largest absolute Gasteiger partial charge is 0.309 e. The van der Waals surface area contributed by atoms with E-state index >= 15 is 0 Å². The van der Waals surface area contributed by atoms with Crippen LogP contribution in [0.15, 0.2) is 42.5 Å². The van der Waals surface area contributed by atoms with Crippen molar-refractivity contribution in [1.82, 2.24) is 5.32 Å². The molecule has 1 heterocycles. The van der Waals surface area contributed by atoms with Crippen LogP contribution in [0.5, 0.6) is 0 Å². The molecule has 0 aromatic heterocycles. The minimum absolute atomic E-state index is 0.218. The highest BCUT2D eigenvalue weighted by Crippen LogP contribution is 2.23. The molecule has 1 fully saturated rings. The molecule has 2 aromatic carbocycles. The van der Waals surface area contributed by atoms with Crippen LogP contribution in [0.3, 0.4) is 0 Å². The SMILES string of the molecule is CC1CCNC(c2ccc3ccccc3c2)CS1=O. The van der Waals surface area contributed by atoms with Crippen molar-refractivity contribution in [3.05, 3.63) is 48.0 Å². The summed E-state index contributed by atoms with van der Waals surface area (Å²) in [7, 11) is -0.729. The maximum atomic E-state index is 12.1. The first-order valence-corrected chi connectivity index (χ1v) is 8.21. The zero-order valence-electron chi connectivity index (χ0n) is 11.1. The van der Waals surface area contributed by atoms with E-state index < -0.39 is 10.8 Å². The third kappa shape index (κ3) is 2.72. The van der Waals surface area contributed by atoms with Gasteiger partial charge in [0.1, 0.15) is 0 Å². The van der Waals surface area contributed by atoms with Gasteiger partial charge < -0.3 is 5.32 Å². The van der Waals surface area contributed by atoms with Crippen LogP contribution in [0.1, 0.15) is 24.9 Å². The molecule has 0 aliphatic carbocycles. The average molecular weight is 273 g/mol.